The van der Waals surface area contributed by atoms with Crippen LogP contribution in [0.15, 0.2) is 88.2 Å². The van der Waals surface area contributed by atoms with Gasteiger partial charge in [0.25, 0.3) is 0 Å². The van der Waals surface area contributed by atoms with Gasteiger partial charge in [0.1, 0.15) is 5.76 Å². The highest BCUT2D eigenvalue weighted by Crippen LogP contribution is 2.25. The number of nitrogens with two attached hydrogens (primary N) is 1. The molecule has 0 aliphatic carbocycles. The van der Waals surface area contributed by atoms with E-state index in [1.54, 1.807) is 31.2 Å². The van der Waals surface area contributed by atoms with Gasteiger partial charge in [-0.3, -0.25) is 9.59 Å². The van der Waals surface area contributed by atoms with Crippen LogP contribution < -0.4 is 5.73 Å². The predicted molar refractivity (Wildman–Crippen MR) is 178 cm³/mol. The first kappa shape index (κ1) is 34.7. The van der Waals surface area contributed by atoms with Crippen LogP contribution in [0.25, 0.3) is 0 Å². The smallest absolute Gasteiger partial charge is 0.243 e. The Hall–Kier alpha value is -4.12. The Morgan fingerprint density at radius 3 is 2.17 bits per heavy atom. The van der Waals surface area contributed by atoms with Gasteiger partial charge in [-0.15, -0.1) is 0 Å². The molecule has 0 radical (unpaired) electrons. The lowest BCUT2D eigenvalue weighted by atomic mass is 9.87. The van der Waals surface area contributed by atoms with Crippen LogP contribution in [-0.4, -0.2) is 53.6 Å². The van der Waals surface area contributed by atoms with E-state index in [2.05, 4.69) is 4.98 Å². The molecular formula is C36H43N3O6S. The van der Waals surface area contributed by atoms with Gasteiger partial charge in [-0.05, 0) is 61.1 Å². The highest BCUT2D eigenvalue weighted by Gasteiger charge is 2.32. The van der Waals surface area contributed by atoms with Crippen molar-refractivity contribution in [2.24, 2.45) is 11.8 Å². The molecule has 244 valence electrons. The lowest BCUT2D eigenvalue weighted by molar-refractivity contribution is 0.0689. The van der Waals surface area contributed by atoms with Gasteiger partial charge in [0, 0.05) is 56.1 Å². The molecule has 3 aromatic carbocycles. The molecule has 1 heterocycles. The van der Waals surface area contributed by atoms with Crippen LogP contribution in [0.2, 0.25) is 0 Å². The van der Waals surface area contributed by atoms with E-state index in [4.69, 9.17) is 10.2 Å². The molecule has 10 heteroatoms. The fraction of sp³-hybridized carbons (Fsp3) is 0.361. The molecule has 3 N–H and O–H groups in total. The molecule has 0 aliphatic rings. The zero-order chi connectivity index (χ0) is 33.4. The number of ketones is 2. The molecule has 1 aromatic heterocycles. The number of rotatable bonds is 16. The lowest BCUT2D eigenvalue weighted by Gasteiger charge is -2.30. The molecule has 0 aliphatic heterocycles. The molecule has 4 rings (SSSR count). The molecule has 9 nitrogen and oxygen atoms in total. The fourth-order valence-corrected chi connectivity index (χ4v) is 7.11. The Kier molecular flexibility index (Phi) is 11.7. The summed E-state index contributed by atoms with van der Waals surface area (Å²) in [6.45, 7) is 7.42. The number of aryl methyl sites for hydroxylation is 3. The number of benzene rings is 3. The third-order valence-corrected chi connectivity index (χ3v) is 9.74. The standard InChI is InChI=1S/C36H43N3O6S/c1-24(2)22-39(46(43,44)32-15-13-31(37)14-16-32)23-35(42)30(19-27-9-6-5-7-10-27)21-34(41)29-12-8-11-28(20-29)33(40)17-18-36-25(3)38-26(4)45-36/h5-16,20,24,30,35,42H,17-19,21-23,37H2,1-4H3/t30-,35-/m1/s1. The first-order valence-electron chi connectivity index (χ1n) is 15.5. The largest absolute Gasteiger partial charge is 0.446 e. The summed E-state index contributed by atoms with van der Waals surface area (Å²) in [5, 5.41) is 11.6. The Bertz CT molecular complexity index is 1730. The number of aromatic nitrogens is 1. The summed E-state index contributed by atoms with van der Waals surface area (Å²) in [7, 11) is -3.95. The van der Waals surface area contributed by atoms with Gasteiger partial charge in [-0.25, -0.2) is 13.4 Å². The molecule has 0 spiro atoms. The zero-order valence-corrected chi connectivity index (χ0v) is 27.7. The first-order valence-corrected chi connectivity index (χ1v) is 16.9. The van der Waals surface area contributed by atoms with E-state index >= 15 is 0 Å². The topological polar surface area (TPSA) is 144 Å². The molecule has 0 saturated carbocycles. The zero-order valence-electron chi connectivity index (χ0n) is 26.8. The second kappa shape index (κ2) is 15.4. The number of oxazole rings is 1. The van der Waals surface area contributed by atoms with Crippen molar-refractivity contribution >= 4 is 27.3 Å². The van der Waals surface area contributed by atoms with Crippen LogP contribution in [-0.2, 0) is 22.9 Å². The highest BCUT2D eigenvalue weighted by molar-refractivity contribution is 7.89. The molecule has 46 heavy (non-hydrogen) atoms. The lowest BCUT2D eigenvalue weighted by Crippen LogP contribution is -2.43. The van der Waals surface area contributed by atoms with Crippen LogP contribution in [0.1, 0.15) is 70.3 Å². The van der Waals surface area contributed by atoms with Crippen molar-refractivity contribution in [2.45, 2.75) is 64.4 Å². The molecule has 0 unspecified atom stereocenters. The van der Waals surface area contributed by atoms with E-state index in [0.29, 0.717) is 41.3 Å². The summed E-state index contributed by atoms with van der Waals surface area (Å²) >= 11 is 0. The van der Waals surface area contributed by atoms with Crippen molar-refractivity contribution in [3.8, 4) is 0 Å². The molecule has 4 aromatic rings. The Balaban J connectivity index is 1.54. The average molecular weight is 646 g/mol. The number of sulfonamides is 1. The number of hydrogen-bond acceptors (Lipinski definition) is 8. The number of nitrogen functional groups attached to an aromatic ring is 1. The molecule has 0 amide bonds. The maximum atomic E-state index is 13.7. The second-order valence-corrected chi connectivity index (χ2v) is 14.1. The Labute approximate surface area is 271 Å². The summed E-state index contributed by atoms with van der Waals surface area (Å²) in [5.74, 6) is 0.246. The molecule has 0 fully saturated rings. The van der Waals surface area contributed by atoms with Crippen LogP contribution in [0.4, 0.5) is 5.69 Å². The third-order valence-electron chi connectivity index (χ3n) is 7.90. The van der Waals surface area contributed by atoms with Crippen LogP contribution >= 0.6 is 0 Å². The first-order chi connectivity index (χ1) is 21.8. The van der Waals surface area contributed by atoms with Crippen molar-refractivity contribution in [3.63, 3.8) is 0 Å². The maximum Gasteiger partial charge on any atom is 0.243 e. The second-order valence-electron chi connectivity index (χ2n) is 12.2. The van der Waals surface area contributed by atoms with Gasteiger partial charge in [-0.1, -0.05) is 62.4 Å². The summed E-state index contributed by atoms with van der Waals surface area (Å²) in [6, 6.07) is 22.1. The minimum atomic E-state index is -3.95. The van der Waals surface area contributed by atoms with Crippen molar-refractivity contribution in [2.75, 3.05) is 18.8 Å². The fourth-order valence-electron chi connectivity index (χ4n) is 5.48. The average Bonchev–Trinajstić information content (AvgIpc) is 3.35. The van der Waals surface area contributed by atoms with Gasteiger partial charge in [0.2, 0.25) is 10.0 Å². The maximum absolute atomic E-state index is 13.7. The molecule has 0 bridgehead atoms. The van der Waals surface area contributed by atoms with Gasteiger partial charge in [-0.2, -0.15) is 4.31 Å². The van der Waals surface area contributed by atoms with E-state index in [1.165, 1.54) is 28.6 Å². The van der Waals surface area contributed by atoms with Crippen LogP contribution in [0, 0.1) is 25.7 Å². The number of Topliss-reactive ketones (excluding diaryl/α,β-unsaturated/α-hetero) is 2. The van der Waals surface area contributed by atoms with Crippen LogP contribution in [0.3, 0.4) is 0 Å². The predicted octanol–water partition coefficient (Wildman–Crippen LogP) is 5.83. The van der Waals surface area contributed by atoms with E-state index in [1.807, 2.05) is 51.1 Å². The molecule has 2 atom stereocenters. The van der Waals surface area contributed by atoms with E-state index in [0.717, 1.165) is 11.3 Å². The van der Waals surface area contributed by atoms with Crippen molar-refractivity contribution < 1.29 is 27.5 Å². The number of nitrogens with zero attached hydrogens (tertiary/aromatic N) is 2. The van der Waals surface area contributed by atoms with Gasteiger partial charge in [0.05, 0.1) is 16.7 Å². The number of carbonyl (C=O) groups is 2. The van der Waals surface area contributed by atoms with E-state index < -0.39 is 22.0 Å². The third kappa shape index (κ3) is 9.22. The molecular weight excluding hydrogens is 602 g/mol. The summed E-state index contributed by atoms with van der Waals surface area (Å²) in [4.78, 5) is 31.0. The SMILES string of the molecule is Cc1nc(C)c(CCC(=O)c2cccc(C(=O)C[C@@H](Cc3ccccc3)[C@H](O)CN(CC(C)C)S(=O)(=O)c3ccc(N)cc3)c2)o1. The van der Waals surface area contributed by atoms with Crippen LogP contribution in [0.5, 0.6) is 0 Å². The van der Waals surface area contributed by atoms with E-state index in [-0.39, 0.29) is 48.3 Å². The number of hydrogen-bond donors (Lipinski definition) is 2. The quantitative estimate of drug-likeness (QED) is 0.114. The summed E-state index contributed by atoms with van der Waals surface area (Å²) in [5.41, 5.74) is 8.67. The van der Waals surface area contributed by atoms with E-state index in [9.17, 15) is 23.1 Å². The summed E-state index contributed by atoms with van der Waals surface area (Å²) in [6.07, 6.45) is -0.218. The highest BCUT2D eigenvalue weighted by atomic mass is 32.2. The number of aliphatic hydroxyl groups excluding tert-OH is 1. The molecule has 0 saturated heterocycles. The number of carbonyl (C=O) groups excluding carboxylic acids is 2. The summed E-state index contributed by atoms with van der Waals surface area (Å²) < 4.78 is 34.2. The number of anilines is 1. The van der Waals surface area contributed by atoms with Crippen molar-refractivity contribution in [3.05, 3.63) is 113 Å². The Morgan fingerprint density at radius 1 is 0.913 bits per heavy atom. The monoisotopic (exact) mass is 645 g/mol. The normalized spacial score (nSPS) is 13.2. The van der Waals surface area contributed by atoms with Gasteiger partial charge >= 0.3 is 0 Å². The van der Waals surface area contributed by atoms with Gasteiger partial charge in [0.15, 0.2) is 17.5 Å². The Morgan fingerprint density at radius 2 is 1.57 bits per heavy atom. The minimum Gasteiger partial charge on any atom is -0.446 e. The van der Waals surface area contributed by atoms with Crippen molar-refractivity contribution in [1.82, 2.24) is 9.29 Å². The number of aliphatic hydroxyl groups is 1. The minimum absolute atomic E-state index is 0.0118. The van der Waals surface area contributed by atoms with Gasteiger partial charge < -0.3 is 15.3 Å². The van der Waals surface area contributed by atoms with Crippen molar-refractivity contribution in [1.29, 1.82) is 0 Å².